The molecule has 2 aromatic rings. The van der Waals surface area contributed by atoms with Crippen LogP contribution in [0.1, 0.15) is 29.9 Å². The summed E-state index contributed by atoms with van der Waals surface area (Å²) < 4.78 is 16.4. The van der Waals surface area contributed by atoms with Gasteiger partial charge in [0.1, 0.15) is 23.9 Å². The van der Waals surface area contributed by atoms with Gasteiger partial charge in [-0.15, -0.1) is 0 Å². The van der Waals surface area contributed by atoms with Gasteiger partial charge in [0.05, 0.1) is 13.7 Å². The van der Waals surface area contributed by atoms with Crippen LogP contribution in [0.5, 0.6) is 5.75 Å². The number of benzene rings is 1. The summed E-state index contributed by atoms with van der Waals surface area (Å²) in [6.07, 6.45) is 3.63. The summed E-state index contributed by atoms with van der Waals surface area (Å²) in [5.74, 6) is 3.62. The maximum atomic E-state index is 5.83. The number of likely N-dealkylation sites (tertiary alicyclic amines) is 1. The van der Waals surface area contributed by atoms with Gasteiger partial charge in [-0.2, -0.15) is 0 Å². The molecule has 3 rings (SSSR count). The fourth-order valence-electron chi connectivity index (χ4n) is 4.19. The van der Waals surface area contributed by atoms with Crippen molar-refractivity contribution >= 4 is 0 Å². The Kier molecular flexibility index (Phi) is 7.95. The second kappa shape index (κ2) is 10.6. The molecule has 2 heterocycles. The van der Waals surface area contributed by atoms with E-state index in [4.69, 9.17) is 13.9 Å². The molecule has 0 bridgehead atoms. The number of nitrogens with zero attached hydrogens (tertiary/aromatic N) is 2. The maximum absolute atomic E-state index is 5.83. The van der Waals surface area contributed by atoms with E-state index in [1.807, 2.05) is 12.1 Å². The maximum Gasteiger partial charge on any atom is 0.129 e. The van der Waals surface area contributed by atoms with Crippen molar-refractivity contribution in [3.8, 4) is 5.75 Å². The van der Waals surface area contributed by atoms with Crippen LogP contribution in [-0.4, -0.2) is 57.2 Å². The Hall–Kier alpha value is -1.82. The summed E-state index contributed by atoms with van der Waals surface area (Å²) in [6.45, 7) is 5.96. The predicted octanol–water partition coefficient (Wildman–Crippen LogP) is 3.82. The molecule has 1 aromatic carbocycles. The van der Waals surface area contributed by atoms with Crippen molar-refractivity contribution in [3.63, 3.8) is 0 Å². The first-order valence-electron chi connectivity index (χ1n) is 10.3. The highest BCUT2D eigenvalue weighted by molar-refractivity contribution is 5.33. The summed E-state index contributed by atoms with van der Waals surface area (Å²) in [7, 11) is 5.63. The van der Waals surface area contributed by atoms with E-state index >= 15 is 0 Å². The Morgan fingerprint density at radius 2 is 1.96 bits per heavy atom. The lowest BCUT2D eigenvalue weighted by molar-refractivity contribution is 0.136. The van der Waals surface area contributed by atoms with Gasteiger partial charge < -0.3 is 18.8 Å². The lowest BCUT2D eigenvalue weighted by atomic mass is 9.97. The number of hydrogen-bond acceptors (Lipinski definition) is 5. The minimum atomic E-state index is 0.535. The summed E-state index contributed by atoms with van der Waals surface area (Å²) in [6, 6.07) is 12.4. The molecule has 1 saturated heterocycles. The normalized spacial score (nSPS) is 17.9. The topological polar surface area (TPSA) is 38.1 Å². The molecular weight excluding hydrogens is 352 g/mol. The standard InChI is InChI=1S/C23H34N2O3/c1-24(17-21-10-11-22(28-21)18-26-2)15-19-7-6-13-25(16-19)14-12-20-8-4-5-9-23(20)27-3/h4-5,8-11,19H,6-7,12-18H2,1-3H3/t19-/m1/s1. The van der Waals surface area contributed by atoms with Gasteiger partial charge in [0.2, 0.25) is 0 Å². The van der Waals surface area contributed by atoms with Crippen molar-refractivity contribution in [1.29, 1.82) is 0 Å². The van der Waals surface area contributed by atoms with E-state index < -0.39 is 0 Å². The molecule has 28 heavy (non-hydrogen) atoms. The van der Waals surface area contributed by atoms with Crippen LogP contribution < -0.4 is 4.74 Å². The first-order valence-corrected chi connectivity index (χ1v) is 10.3. The van der Waals surface area contributed by atoms with Crippen LogP contribution in [0.4, 0.5) is 0 Å². The quantitative estimate of drug-likeness (QED) is 0.621. The van der Waals surface area contributed by atoms with E-state index in [1.165, 1.54) is 31.5 Å². The largest absolute Gasteiger partial charge is 0.496 e. The molecule has 154 valence electrons. The lowest BCUT2D eigenvalue weighted by Gasteiger charge is -2.34. The summed E-state index contributed by atoms with van der Waals surface area (Å²) in [5.41, 5.74) is 1.30. The summed E-state index contributed by atoms with van der Waals surface area (Å²) >= 11 is 0. The first kappa shape index (κ1) is 20.9. The molecule has 1 aliphatic heterocycles. The molecule has 1 fully saturated rings. The monoisotopic (exact) mass is 386 g/mol. The minimum absolute atomic E-state index is 0.535. The van der Waals surface area contributed by atoms with Crippen LogP contribution in [0.3, 0.4) is 0 Å². The van der Waals surface area contributed by atoms with Gasteiger partial charge in [-0.25, -0.2) is 0 Å². The van der Waals surface area contributed by atoms with E-state index in [0.29, 0.717) is 12.5 Å². The molecule has 1 aromatic heterocycles. The fourth-order valence-corrected chi connectivity index (χ4v) is 4.19. The molecular formula is C23H34N2O3. The zero-order valence-electron chi connectivity index (χ0n) is 17.5. The molecule has 5 heteroatoms. The lowest BCUT2D eigenvalue weighted by Crippen LogP contribution is -2.40. The molecule has 1 aliphatic rings. The number of hydrogen-bond donors (Lipinski definition) is 0. The number of para-hydroxylation sites is 1. The van der Waals surface area contributed by atoms with Crippen LogP contribution in [-0.2, 0) is 24.3 Å². The average molecular weight is 387 g/mol. The Bertz CT molecular complexity index is 715. The smallest absolute Gasteiger partial charge is 0.129 e. The number of furan rings is 1. The Morgan fingerprint density at radius 1 is 1.14 bits per heavy atom. The Labute approximate surface area is 169 Å². The van der Waals surface area contributed by atoms with Crippen LogP contribution in [0, 0.1) is 5.92 Å². The van der Waals surface area contributed by atoms with E-state index in [-0.39, 0.29) is 0 Å². The van der Waals surface area contributed by atoms with Crippen molar-refractivity contribution in [2.45, 2.75) is 32.4 Å². The molecule has 0 radical (unpaired) electrons. The van der Waals surface area contributed by atoms with Gasteiger partial charge in [0.15, 0.2) is 0 Å². The van der Waals surface area contributed by atoms with Gasteiger partial charge >= 0.3 is 0 Å². The molecule has 0 amide bonds. The van der Waals surface area contributed by atoms with Crippen molar-refractivity contribution in [1.82, 2.24) is 9.80 Å². The number of ether oxygens (including phenoxy) is 2. The Balaban J connectivity index is 1.44. The van der Waals surface area contributed by atoms with Crippen molar-refractivity contribution in [2.24, 2.45) is 5.92 Å². The van der Waals surface area contributed by atoms with Gasteiger partial charge in [0, 0.05) is 26.7 Å². The first-order chi connectivity index (χ1) is 13.7. The van der Waals surface area contributed by atoms with E-state index in [2.05, 4.69) is 41.1 Å². The molecule has 0 saturated carbocycles. The second-order valence-corrected chi connectivity index (χ2v) is 7.87. The molecule has 5 nitrogen and oxygen atoms in total. The third-order valence-corrected chi connectivity index (χ3v) is 5.49. The summed E-state index contributed by atoms with van der Waals surface area (Å²) in [4.78, 5) is 4.99. The minimum Gasteiger partial charge on any atom is -0.496 e. The Morgan fingerprint density at radius 3 is 2.79 bits per heavy atom. The van der Waals surface area contributed by atoms with E-state index in [0.717, 1.165) is 43.3 Å². The van der Waals surface area contributed by atoms with Gasteiger partial charge in [-0.1, -0.05) is 18.2 Å². The third-order valence-electron chi connectivity index (χ3n) is 5.49. The van der Waals surface area contributed by atoms with Crippen molar-refractivity contribution in [2.75, 3.05) is 47.4 Å². The van der Waals surface area contributed by atoms with Crippen LogP contribution in [0.25, 0.3) is 0 Å². The highest BCUT2D eigenvalue weighted by Gasteiger charge is 2.21. The zero-order chi connectivity index (χ0) is 19.8. The number of piperidine rings is 1. The van der Waals surface area contributed by atoms with E-state index in [9.17, 15) is 0 Å². The molecule has 0 unspecified atom stereocenters. The van der Waals surface area contributed by atoms with Crippen LogP contribution in [0.15, 0.2) is 40.8 Å². The predicted molar refractivity (Wildman–Crippen MR) is 112 cm³/mol. The molecule has 1 atom stereocenters. The van der Waals surface area contributed by atoms with Crippen molar-refractivity contribution in [3.05, 3.63) is 53.5 Å². The highest BCUT2D eigenvalue weighted by Crippen LogP contribution is 2.21. The number of rotatable bonds is 10. The highest BCUT2D eigenvalue weighted by atomic mass is 16.5. The second-order valence-electron chi connectivity index (χ2n) is 7.87. The van der Waals surface area contributed by atoms with Gasteiger partial charge in [-0.05, 0) is 62.5 Å². The van der Waals surface area contributed by atoms with Crippen molar-refractivity contribution < 1.29 is 13.9 Å². The van der Waals surface area contributed by atoms with Gasteiger partial charge in [0.25, 0.3) is 0 Å². The summed E-state index contributed by atoms with van der Waals surface area (Å²) in [5, 5.41) is 0. The average Bonchev–Trinajstić information content (AvgIpc) is 3.14. The van der Waals surface area contributed by atoms with Gasteiger partial charge in [-0.3, -0.25) is 4.90 Å². The third kappa shape index (κ3) is 6.09. The van der Waals surface area contributed by atoms with Crippen LogP contribution in [0.2, 0.25) is 0 Å². The molecule has 0 N–H and O–H groups in total. The SMILES string of the molecule is COCc1ccc(CN(C)C[C@H]2CCCN(CCc3ccccc3OC)C2)o1. The number of methoxy groups -OCH3 is 2. The van der Waals surface area contributed by atoms with E-state index in [1.54, 1.807) is 14.2 Å². The molecule has 0 spiro atoms. The molecule has 0 aliphatic carbocycles. The fraction of sp³-hybridized carbons (Fsp3) is 0.565. The van der Waals surface area contributed by atoms with Crippen LogP contribution >= 0.6 is 0 Å². The zero-order valence-corrected chi connectivity index (χ0v) is 17.5.